The van der Waals surface area contributed by atoms with E-state index in [-0.39, 0.29) is 11.3 Å². The van der Waals surface area contributed by atoms with E-state index in [0.717, 1.165) is 37.0 Å². The predicted octanol–water partition coefficient (Wildman–Crippen LogP) is 6.95. The van der Waals surface area contributed by atoms with Gasteiger partial charge in [0.2, 0.25) is 0 Å². The van der Waals surface area contributed by atoms with Crippen molar-refractivity contribution < 1.29 is 14.3 Å². The number of carbonyl (C=O) groups is 1. The fourth-order valence-corrected chi connectivity index (χ4v) is 9.12. The molecule has 4 fully saturated rings. The first-order valence-corrected chi connectivity index (χ1v) is 13.7. The van der Waals surface area contributed by atoms with E-state index in [1.165, 1.54) is 50.5 Å². The molecule has 0 unspecified atom stereocenters. The maximum absolute atomic E-state index is 13.7. The summed E-state index contributed by atoms with van der Waals surface area (Å²) in [4.78, 5) is 13.7. The van der Waals surface area contributed by atoms with Gasteiger partial charge in [0.1, 0.15) is 0 Å². The Labute approximate surface area is 196 Å². The summed E-state index contributed by atoms with van der Waals surface area (Å²) in [6.07, 6.45) is 14.1. The molecule has 0 amide bonds. The molecule has 3 heteroatoms. The van der Waals surface area contributed by atoms with E-state index in [9.17, 15) is 4.79 Å². The Morgan fingerprint density at radius 3 is 2.44 bits per heavy atom. The van der Waals surface area contributed by atoms with Crippen LogP contribution in [0.3, 0.4) is 0 Å². The van der Waals surface area contributed by atoms with E-state index in [1.807, 2.05) is 0 Å². The summed E-state index contributed by atoms with van der Waals surface area (Å²) in [6.45, 7) is 13.6. The number of rotatable bonds is 5. The molecular formula is C29H46O3. The Kier molecular flexibility index (Phi) is 5.93. The van der Waals surface area contributed by atoms with Crippen molar-refractivity contribution in [1.82, 2.24) is 0 Å². The van der Waals surface area contributed by atoms with Gasteiger partial charge in [0.15, 0.2) is 11.6 Å². The molecule has 5 rings (SSSR count). The fraction of sp³-hybridized carbons (Fsp3) is 0.897. The Hall–Kier alpha value is -0.670. The van der Waals surface area contributed by atoms with Crippen LogP contribution in [0.25, 0.3) is 0 Å². The zero-order valence-corrected chi connectivity index (χ0v) is 21.3. The van der Waals surface area contributed by atoms with Gasteiger partial charge in [0.25, 0.3) is 0 Å². The van der Waals surface area contributed by atoms with Crippen molar-refractivity contribution in [2.75, 3.05) is 13.2 Å². The van der Waals surface area contributed by atoms with E-state index >= 15 is 0 Å². The Balaban J connectivity index is 1.36. The zero-order valence-electron chi connectivity index (χ0n) is 21.3. The summed E-state index contributed by atoms with van der Waals surface area (Å²) in [6, 6.07) is 0. The van der Waals surface area contributed by atoms with Crippen molar-refractivity contribution in [3.05, 3.63) is 11.6 Å². The maximum Gasteiger partial charge on any atom is 0.172 e. The summed E-state index contributed by atoms with van der Waals surface area (Å²) >= 11 is 0. The van der Waals surface area contributed by atoms with E-state index in [2.05, 4.69) is 40.7 Å². The average molecular weight is 443 g/mol. The molecule has 0 N–H and O–H groups in total. The van der Waals surface area contributed by atoms with Gasteiger partial charge in [-0.15, -0.1) is 0 Å². The fourth-order valence-electron chi connectivity index (χ4n) is 9.12. The van der Waals surface area contributed by atoms with Gasteiger partial charge in [0, 0.05) is 18.8 Å². The second-order valence-electron chi connectivity index (χ2n) is 13.0. The van der Waals surface area contributed by atoms with Gasteiger partial charge in [-0.2, -0.15) is 0 Å². The van der Waals surface area contributed by atoms with Gasteiger partial charge in [-0.1, -0.05) is 59.5 Å². The highest BCUT2D eigenvalue weighted by molar-refractivity contribution is 5.94. The summed E-state index contributed by atoms with van der Waals surface area (Å²) in [7, 11) is 0. The molecule has 1 heterocycles. The molecule has 3 nitrogen and oxygen atoms in total. The maximum atomic E-state index is 13.7. The molecule has 4 aliphatic carbocycles. The first kappa shape index (κ1) is 23.1. The quantitative estimate of drug-likeness (QED) is 0.462. The Morgan fingerprint density at radius 2 is 1.72 bits per heavy atom. The smallest absolute Gasteiger partial charge is 0.172 e. The highest BCUT2D eigenvalue weighted by Crippen LogP contribution is 2.67. The van der Waals surface area contributed by atoms with Crippen LogP contribution in [0.1, 0.15) is 98.8 Å². The third-order valence-corrected chi connectivity index (χ3v) is 11.0. The highest BCUT2D eigenvalue weighted by Gasteiger charge is 2.62. The van der Waals surface area contributed by atoms with Crippen LogP contribution in [0.5, 0.6) is 0 Å². The molecule has 0 aromatic carbocycles. The number of hydrogen-bond donors (Lipinski definition) is 0. The van der Waals surface area contributed by atoms with Crippen molar-refractivity contribution in [3.63, 3.8) is 0 Å². The summed E-state index contributed by atoms with van der Waals surface area (Å²) in [5.74, 6) is 3.72. The van der Waals surface area contributed by atoms with Gasteiger partial charge in [-0.25, -0.2) is 0 Å². The lowest BCUT2D eigenvalue weighted by Crippen LogP contribution is -2.55. The molecule has 7 atom stereocenters. The standard InChI is InChI=1S/C29H46O3/c1-19(2)7-6-8-20(3)22-9-10-23-26-24(11-12-28(22,23)5)27(4)13-14-29(31-15-16-32-29)18-21(27)17-25(26)30/h17,19-20,22-24,26H,6-16,18H2,1-5H3/t20-,22-,23+,24+,26+,27+,28-/m1/s1. The monoisotopic (exact) mass is 442 g/mol. The number of allylic oxidation sites excluding steroid dienone is 1. The summed E-state index contributed by atoms with van der Waals surface area (Å²) < 4.78 is 12.1. The van der Waals surface area contributed by atoms with Gasteiger partial charge < -0.3 is 9.47 Å². The summed E-state index contributed by atoms with van der Waals surface area (Å²) in [5.41, 5.74) is 1.84. The third-order valence-electron chi connectivity index (χ3n) is 11.0. The molecule has 180 valence electrons. The molecule has 1 aliphatic heterocycles. The lowest BCUT2D eigenvalue weighted by atomic mass is 9.46. The van der Waals surface area contributed by atoms with Crippen molar-refractivity contribution >= 4 is 5.78 Å². The first-order chi connectivity index (χ1) is 15.2. The van der Waals surface area contributed by atoms with Crippen LogP contribution >= 0.6 is 0 Å². The van der Waals surface area contributed by atoms with Crippen molar-refractivity contribution in [3.8, 4) is 0 Å². The lowest BCUT2D eigenvalue weighted by Gasteiger charge is -2.58. The number of ketones is 1. The molecule has 32 heavy (non-hydrogen) atoms. The molecule has 0 aromatic rings. The van der Waals surface area contributed by atoms with Crippen molar-refractivity contribution in [2.45, 2.75) is 105 Å². The second kappa shape index (κ2) is 8.22. The minimum atomic E-state index is -0.439. The SMILES string of the molecule is CC(C)CCC[C@@H](C)[C@H]1CC[C@H]2[C@@H]3C(=O)C=C4CC5(CC[C@]4(C)[C@H]3CC[C@]12C)OCCO5. The molecule has 1 saturated heterocycles. The van der Waals surface area contributed by atoms with Crippen molar-refractivity contribution in [1.29, 1.82) is 0 Å². The molecule has 1 spiro atoms. The number of hydrogen-bond acceptors (Lipinski definition) is 3. The predicted molar refractivity (Wildman–Crippen MR) is 128 cm³/mol. The molecule has 3 saturated carbocycles. The van der Waals surface area contributed by atoms with E-state index in [1.54, 1.807) is 0 Å². The Bertz CT molecular complexity index is 762. The van der Waals surface area contributed by atoms with Gasteiger partial charge in [0.05, 0.1) is 13.2 Å². The number of fused-ring (bicyclic) bond motifs is 5. The van der Waals surface area contributed by atoms with Crippen LogP contribution in [0.2, 0.25) is 0 Å². The average Bonchev–Trinajstić information content (AvgIpc) is 3.33. The molecule has 5 aliphatic rings. The number of carbonyl (C=O) groups excluding carboxylic acids is 1. The van der Waals surface area contributed by atoms with Gasteiger partial charge in [-0.05, 0) is 78.6 Å². The molecule has 0 radical (unpaired) electrons. The molecular weight excluding hydrogens is 396 g/mol. The van der Waals surface area contributed by atoms with Crippen LogP contribution in [0, 0.1) is 46.3 Å². The topological polar surface area (TPSA) is 35.5 Å². The van der Waals surface area contributed by atoms with Crippen LogP contribution in [0.4, 0.5) is 0 Å². The second-order valence-corrected chi connectivity index (χ2v) is 13.0. The molecule has 0 aromatic heterocycles. The zero-order chi connectivity index (χ0) is 22.7. The number of ether oxygens (including phenoxy) is 2. The van der Waals surface area contributed by atoms with Crippen LogP contribution in [-0.2, 0) is 14.3 Å². The van der Waals surface area contributed by atoms with Crippen LogP contribution in [0.15, 0.2) is 11.6 Å². The summed E-state index contributed by atoms with van der Waals surface area (Å²) in [5, 5.41) is 0. The first-order valence-electron chi connectivity index (χ1n) is 13.7. The minimum Gasteiger partial charge on any atom is -0.347 e. The van der Waals surface area contributed by atoms with E-state index in [0.29, 0.717) is 36.2 Å². The molecule has 0 bridgehead atoms. The van der Waals surface area contributed by atoms with Gasteiger partial charge >= 0.3 is 0 Å². The lowest BCUT2D eigenvalue weighted by molar-refractivity contribution is -0.185. The van der Waals surface area contributed by atoms with Gasteiger partial charge in [-0.3, -0.25) is 4.79 Å². The Morgan fingerprint density at radius 1 is 0.969 bits per heavy atom. The largest absolute Gasteiger partial charge is 0.347 e. The van der Waals surface area contributed by atoms with Crippen molar-refractivity contribution in [2.24, 2.45) is 46.3 Å². The minimum absolute atomic E-state index is 0.154. The normalized spacial score (nSPS) is 43.7. The third kappa shape index (κ3) is 3.56. The highest BCUT2D eigenvalue weighted by atomic mass is 16.7. The van der Waals surface area contributed by atoms with Crippen LogP contribution < -0.4 is 0 Å². The van der Waals surface area contributed by atoms with E-state index in [4.69, 9.17) is 9.47 Å². The van der Waals surface area contributed by atoms with Crippen LogP contribution in [-0.4, -0.2) is 24.8 Å². The van der Waals surface area contributed by atoms with E-state index < -0.39 is 5.79 Å².